The number of aromatic nitrogens is 3. The number of alkyl halides is 2. The molecule has 0 amide bonds. The first-order valence-corrected chi connectivity index (χ1v) is 7.51. The minimum Gasteiger partial charge on any atom is -0.318 e. The van der Waals surface area contributed by atoms with Gasteiger partial charge in [-0.3, -0.25) is 9.48 Å². The SMILES string of the molecule is Cc1cc(-c2cnn(Cc3cccc(C(F)F)c3)c2)cn(C)c1=O. The Bertz CT molecular complexity index is 902. The van der Waals surface area contributed by atoms with Crippen molar-refractivity contribution in [3.05, 3.63) is 76.0 Å². The largest absolute Gasteiger partial charge is 0.318 e. The molecule has 0 atom stereocenters. The van der Waals surface area contributed by atoms with Gasteiger partial charge in [0, 0.05) is 41.7 Å². The Balaban J connectivity index is 1.86. The van der Waals surface area contributed by atoms with E-state index < -0.39 is 6.43 Å². The first-order valence-electron chi connectivity index (χ1n) is 7.51. The Morgan fingerprint density at radius 3 is 2.67 bits per heavy atom. The van der Waals surface area contributed by atoms with Crippen LogP contribution in [-0.2, 0) is 13.6 Å². The Morgan fingerprint density at radius 1 is 1.17 bits per heavy atom. The van der Waals surface area contributed by atoms with Gasteiger partial charge < -0.3 is 4.57 Å². The average molecular weight is 329 g/mol. The molecule has 3 aromatic rings. The fourth-order valence-electron chi connectivity index (χ4n) is 2.65. The van der Waals surface area contributed by atoms with Crippen LogP contribution < -0.4 is 5.56 Å². The molecule has 24 heavy (non-hydrogen) atoms. The lowest BCUT2D eigenvalue weighted by atomic mass is 10.1. The van der Waals surface area contributed by atoms with Crippen LogP contribution in [0.25, 0.3) is 11.1 Å². The van der Waals surface area contributed by atoms with Gasteiger partial charge in [0.15, 0.2) is 0 Å². The van der Waals surface area contributed by atoms with Crippen molar-refractivity contribution >= 4 is 0 Å². The number of hydrogen-bond acceptors (Lipinski definition) is 2. The van der Waals surface area contributed by atoms with E-state index in [0.29, 0.717) is 12.1 Å². The Labute approximate surface area is 138 Å². The zero-order chi connectivity index (χ0) is 17.3. The first-order chi connectivity index (χ1) is 11.4. The van der Waals surface area contributed by atoms with E-state index in [9.17, 15) is 13.6 Å². The molecule has 0 saturated heterocycles. The monoisotopic (exact) mass is 329 g/mol. The standard InChI is InChI=1S/C18H17F2N3O/c1-12-6-15(10-22(2)18(12)24)16-8-21-23(11-16)9-13-4-3-5-14(7-13)17(19)20/h3-8,10-11,17H,9H2,1-2H3. The van der Waals surface area contributed by atoms with Crippen molar-refractivity contribution in [1.29, 1.82) is 0 Å². The molecule has 2 aromatic heterocycles. The first kappa shape index (κ1) is 16.1. The smallest absolute Gasteiger partial charge is 0.263 e. The maximum absolute atomic E-state index is 12.8. The highest BCUT2D eigenvalue weighted by Gasteiger charge is 2.09. The van der Waals surface area contributed by atoms with E-state index in [1.807, 2.05) is 12.3 Å². The second-order valence-electron chi connectivity index (χ2n) is 5.80. The second-order valence-corrected chi connectivity index (χ2v) is 5.80. The molecule has 0 spiro atoms. The lowest BCUT2D eigenvalue weighted by Crippen LogP contribution is -2.18. The van der Waals surface area contributed by atoms with Crippen molar-refractivity contribution in [3.63, 3.8) is 0 Å². The highest BCUT2D eigenvalue weighted by atomic mass is 19.3. The summed E-state index contributed by atoms with van der Waals surface area (Å²) in [6.45, 7) is 2.18. The van der Waals surface area contributed by atoms with Gasteiger partial charge in [0.05, 0.1) is 12.7 Å². The summed E-state index contributed by atoms with van der Waals surface area (Å²) in [5, 5.41) is 4.29. The molecule has 0 aliphatic carbocycles. The fraction of sp³-hybridized carbons (Fsp3) is 0.222. The van der Waals surface area contributed by atoms with Gasteiger partial charge >= 0.3 is 0 Å². The average Bonchev–Trinajstić information content (AvgIpc) is 3.01. The molecule has 1 aromatic carbocycles. The van der Waals surface area contributed by atoms with Crippen LogP contribution in [0.3, 0.4) is 0 Å². The van der Waals surface area contributed by atoms with Gasteiger partial charge in [-0.15, -0.1) is 0 Å². The minimum atomic E-state index is -2.48. The Hall–Kier alpha value is -2.76. The van der Waals surface area contributed by atoms with E-state index in [1.165, 1.54) is 16.7 Å². The quantitative estimate of drug-likeness (QED) is 0.734. The van der Waals surface area contributed by atoms with Gasteiger partial charge in [0.25, 0.3) is 12.0 Å². The summed E-state index contributed by atoms with van der Waals surface area (Å²) in [7, 11) is 1.71. The zero-order valence-electron chi connectivity index (χ0n) is 13.4. The summed E-state index contributed by atoms with van der Waals surface area (Å²) in [6.07, 6.45) is 2.82. The van der Waals surface area contributed by atoms with Crippen molar-refractivity contribution in [3.8, 4) is 11.1 Å². The van der Waals surface area contributed by atoms with Gasteiger partial charge in [-0.05, 0) is 24.6 Å². The van der Waals surface area contributed by atoms with Crippen molar-refractivity contribution in [1.82, 2.24) is 14.3 Å². The summed E-state index contributed by atoms with van der Waals surface area (Å²) in [4.78, 5) is 11.8. The van der Waals surface area contributed by atoms with Crippen LogP contribution in [0, 0.1) is 6.92 Å². The topological polar surface area (TPSA) is 39.8 Å². The molecular formula is C18H17F2N3O. The van der Waals surface area contributed by atoms with E-state index in [4.69, 9.17) is 0 Å². The van der Waals surface area contributed by atoms with Crippen LogP contribution in [0.5, 0.6) is 0 Å². The van der Waals surface area contributed by atoms with Gasteiger partial charge in [0.2, 0.25) is 0 Å². The van der Waals surface area contributed by atoms with Crippen LogP contribution in [0.15, 0.2) is 53.7 Å². The predicted octanol–water partition coefficient (Wildman–Crippen LogP) is 3.54. The van der Waals surface area contributed by atoms with Crippen LogP contribution in [0.2, 0.25) is 0 Å². The molecular weight excluding hydrogens is 312 g/mol. The maximum atomic E-state index is 12.8. The van der Waals surface area contributed by atoms with Crippen molar-refractivity contribution in [2.45, 2.75) is 19.9 Å². The molecule has 0 unspecified atom stereocenters. The summed E-state index contributed by atoms with van der Waals surface area (Å²) < 4.78 is 28.8. The van der Waals surface area contributed by atoms with Gasteiger partial charge in [-0.2, -0.15) is 5.10 Å². The lowest BCUT2D eigenvalue weighted by molar-refractivity contribution is 0.151. The second kappa shape index (κ2) is 6.39. The van der Waals surface area contributed by atoms with Crippen molar-refractivity contribution < 1.29 is 8.78 Å². The number of halogens is 2. The molecule has 0 fully saturated rings. The van der Waals surface area contributed by atoms with Crippen LogP contribution in [0.1, 0.15) is 23.1 Å². The highest BCUT2D eigenvalue weighted by molar-refractivity contribution is 5.61. The van der Waals surface area contributed by atoms with E-state index in [0.717, 1.165) is 16.7 Å². The summed E-state index contributed by atoms with van der Waals surface area (Å²) >= 11 is 0. The molecule has 0 aliphatic heterocycles. The third-order valence-corrected chi connectivity index (χ3v) is 3.88. The third kappa shape index (κ3) is 3.27. The van der Waals surface area contributed by atoms with Gasteiger partial charge in [0.1, 0.15) is 0 Å². The molecule has 0 bridgehead atoms. The number of nitrogens with zero attached hydrogens (tertiary/aromatic N) is 3. The van der Waals surface area contributed by atoms with Gasteiger partial charge in [-0.1, -0.05) is 18.2 Å². The maximum Gasteiger partial charge on any atom is 0.263 e. The normalized spacial score (nSPS) is 11.2. The van der Waals surface area contributed by atoms with E-state index in [2.05, 4.69) is 5.10 Å². The molecule has 4 nitrogen and oxygen atoms in total. The van der Waals surface area contributed by atoms with E-state index in [1.54, 1.807) is 43.2 Å². The minimum absolute atomic E-state index is 0.00793. The fourth-order valence-corrected chi connectivity index (χ4v) is 2.65. The molecule has 0 radical (unpaired) electrons. The lowest BCUT2D eigenvalue weighted by Gasteiger charge is -2.05. The molecule has 0 saturated carbocycles. The van der Waals surface area contributed by atoms with Crippen molar-refractivity contribution in [2.75, 3.05) is 0 Å². The molecule has 0 N–H and O–H groups in total. The number of hydrogen-bond donors (Lipinski definition) is 0. The molecule has 2 heterocycles. The van der Waals surface area contributed by atoms with E-state index >= 15 is 0 Å². The highest BCUT2D eigenvalue weighted by Crippen LogP contribution is 2.21. The molecule has 3 rings (SSSR count). The van der Waals surface area contributed by atoms with Crippen LogP contribution in [0.4, 0.5) is 8.78 Å². The Morgan fingerprint density at radius 2 is 1.96 bits per heavy atom. The third-order valence-electron chi connectivity index (χ3n) is 3.88. The van der Waals surface area contributed by atoms with E-state index in [-0.39, 0.29) is 11.1 Å². The molecule has 0 aliphatic rings. The summed E-state index contributed by atoms with van der Waals surface area (Å²) in [5.41, 5.74) is 3.16. The van der Waals surface area contributed by atoms with Crippen LogP contribution in [-0.4, -0.2) is 14.3 Å². The number of rotatable bonds is 4. The zero-order valence-corrected chi connectivity index (χ0v) is 13.4. The summed E-state index contributed by atoms with van der Waals surface area (Å²) in [6, 6.07) is 8.14. The number of pyridine rings is 1. The number of aryl methyl sites for hydroxylation is 2. The number of benzene rings is 1. The van der Waals surface area contributed by atoms with Gasteiger partial charge in [-0.25, -0.2) is 8.78 Å². The molecule has 6 heteroatoms. The predicted molar refractivity (Wildman–Crippen MR) is 88.1 cm³/mol. The van der Waals surface area contributed by atoms with Crippen molar-refractivity contribution in [2.24, 2.45) is 7.05 Å². The Kier molecular flexibility index (Phi) is 4.29. The summed E-state index contributed by atoms with van der Waals surface area (Å²) in [5.74, 6) is 0. The molecule has 124 valence electrons. The van der Waals surface area contributed by atoms with Crippen LogP contribution >= 0.6 is 0 Å².